The van der Waals surface area contributed by atoms with Crippen molar-refractivity contribution in [1.29, 1.82) is 0 Å². The summed E-state index contributed by atoms with van der Waals surface area (Å²) in [5.74, 6) is -5.16. The Bertz CT molecular complexity index is 634. The van der Waals surface area contributed by atoms with E-state index in [1.165, 1.54) is 12.1 Å². The molecule has 2 rings (SSSR count). The Balaban J connectivity index is 1.98. The molecule has 1 aliphatic heterocycles. The van der Waals surface area contributed by atoms with Crippen LogP contribution >= 0.6 is 0 Å². The Morgan fingerprint density at radius 1 is 1.14 bits per heavy atom. The number of rotatable bonds is 5. The van der Waals surface area contributed by atoms with E-state index in [1.807, 2.05) is 0 Å². The number of amides is 2. The third-order valence-corrected chi connectivity index (χ3v) is 3.26. The fourth-order valence-corrected chi connectivity index (χ4v) is 2.14. The second-order valence-electron chi connectivity index (χ2n) is 4.62. The maximum absolute atomic E-state index is 13.4. The Labute approximate surface area is 125 Å². The molecule has 0 atom stereocenters. The van der Waals surface area contributed by atoms with Crippen molar-refractivity contribution in [1.82, 2.24) is 4.90 Å². The van der Waals surface area contributed by atoms with Gasteiger partial charge in [0.25, 0.3) is 11.8 Å². The number of halogens is 2. The van der Waals surface area contributed by atoms with Gasteiger partial charge in [0.15, 0.2) is 0 Å². The van der Waals surface area contributed by atoms with Crippen molar-refractivity contribution in [2.75, 3.05) is 13.7 Å². The average Bonchev–Trinajstić information content (AvgIpc) is 2.78. The van der Waals surface area contributed by atoms with E-state index in [1.54, 1.807) is 12.1 Å². The smallest absolute Gasteiger partial charge is 0.369 e. The summed E-state index contributed by atoms with van der Waals surface area (Å²) in [5.41, 5.74) is 0.591. The summed E-state index contributed by atoms with van der Waals surface area (Å²) in [4.78, 5) is 35.8. The number of carbonyl (C=O) groups is 3. The number of hydrogen-bond donors (Lipinski definition) is 0. The molecule has 5 nitrogen and oxygen atoms in total. The van der Waals surface area contributed by atoms with Crippen LogP contribution < -0.4 is 0 Å². The van der Waals surface area contributed by atoms with Crippen LogP contribution in [0, 0.1) is 0 Å². The molecule has 0 N–H and O–H groups in total. The van der Waals surface area contributed by atoms with Gasteiger partial charge in [-0.1, -0.05) is 12.1 Å². The molecule has 2 amide bonds. The third kappa shape index (κ3) is 2.88. The molecule has 1 heterocycles. The normalized spacial score (nSPS) is 14.8. The molecule has 0 aliphatic carbocycles. The minimum absolute atomic E-state index is 0.00170. The minimum atomic E-state index is -1.59. The van der Waals surface area contributed by atoms with E-state index >= 15 is 0 Å². The summed E-state index contributed by atoms with van der Waals surface area (Å²) in [6, 6.07) is 6.35. The molecule has 0 aromatic heterocycles. The van der Waals surface area contributed by atoms with Crippen LogP contribution in [-0.4, -0.2) is 36.3 Å². The van der Waals surface area contributed by atoms with Gasteiger partial charge in [0, 0.05) is 13.0 Å². The molecule has 1 aromatic rings. The molecule has 0 spiro atoms. The van der Waals surface area contributed by atoms with E-state index in [2.05, 4.69) is 4.74 Å². The fourth-order valence-electron chi connectivity index (χ4n) is 2.14. The van der Waals surface area contributed by atoms with Gasteiger partial charge >= 0.3 is 5.97 Å². The van der Waals surface area contributed by atoms with Crippen LogP contribution in [0.5, 0.6) is 0 Å². The zero-order chi connectivity index (χ0) is 16.3. The first-order valence-corrected chi connectivity index (χ1v) is 6.55. The number of nitrogens with zero attached hydrogens (tertiary/aromatic N) is 1. The minimum Gasteiger partial charge on any atom is -0.464 e. The molecule has 0 saturated heterocycles. The molecule has 7 heteroatoms. The van der Waals surface area contributed by atoms with E-state index in [4.69, 9.17) is 0 Å². The van der Waals surface area contributed by atoms with E-state index < -0.39 is 35.9 Å². The SMILES string of the molecule is COC(=O)C(F)=C(F)CCCN1C(=O)c2ccccc2C1=O. The second-order valence-corrected chi connectivity index (χ2v) is 4.62. The summed E-state index contributed by atoms with van der Waals surface area (Å²) in [7, 11) is 0.938. The van der Waals surface area contributed by atoms with Gasteiger partial charge in [-0.3, -0.25) is 14.5 Å². The zero-order valence-corrected chi connectivity index (χ0v) is 11.8. The first-order valence-electron chi connectivity index (χ1n) is 6.55. The number of ether oxygens (including phenoxy) is 1. The van der Waals surface area contributed by atoms with Crippen molar-refractivity contribution in [3.05, 3.63) is 47.0 Å². The van der Waals surface area contributed by atoms with Gasteiger partial charge in [-0.25, -0.2) is 9.18 Å². The lowest BCUT2D eigenvalue weighted by molar-refractivity contribution is -0.138. The number of esters is 1. The molecular weight excluding hydrogens is 296 g/mol. The number of methoxy groups -OCH3 is 1. The van der Waals surface area contributed by atoms with Crippen molar-refractivity contribution >= 4 is 17.8 Å². The highest BCUT2D eigenvalue weighted by molar-refractivity contribution is 6.21. The van der Waals surface area contributed by atoms with Crippen LogP contribution in [0.15, 0.2) is 35.9 Å². The number of fused-ring (bicyclic) bond motifs is 1. The van der Waals surface area contributed by atoms with Gasteiger partial charge in [-0.05, 0) is 18.6 Å². The van der Waals surface area contributed by atoms with E-state index in [-0.39, 0.29) is 13.0 Å². The molecule has 22 heavy (non-hydrogen) atoms. The largest absolute Gasteiger partial charge is 0.464 e. The Kier molecular flexibility index (Phi) is 4.65. The van der Waals surface area contributed by atoms with E-state index in [0.717, 1.165) is 12.0 Å². The Morgan fingerprint density at radius 2 is 1.68 bits per heavy atom. The summed E-state index contributed by atoms with van der Waals surface area (Å²) < 4.78 is 30.6. The predicted octanol–water partition coefficient (Wildman–Crippen LogP) is 2.39. The molecule has 0 fully saturated rings. The molecule has 1 aromatic carbocycles. The van der Waals surface area contributed by atoms with Crippen LogP contribution in [0.1, 0.15) is 33.6 Å². The highest BCUT2D eigenvalue weighted by atomic mass is 19.2. The van der Waals surface area contributed by atoms with Gasteiger partial charge in [0.2, 0.25) is 5.83 Å². The topological polar surface area (TPSA) is 63.7 Å². The lowest BCUT2D eigenvalue weighted by Crippen LogP contribution is -2.30. The van der Waals surface area contributed by atoms with Gasteiger partial charge < -0.3 is 4.74 Å². The lowest BCUT2D eigenvalue weighted by atomic mass is 10.1. The summed E-state index contributed by atoms with van der Waals surface area (Å²) >= 11 is 0. The number of carbonyl (C=O) groups excluding carboxylic acids is 3. The van der Waals surface area contributed by atoms with Gasteiger partial charge in [0.05, 0.1) is 18.2 Å². The molecule has 0 unspecified atom stereocenters. The van der Waals surface area contributed by atoms with Crippen LogP contribution in [0.25, 0.3) is 0 Å². The van der Waals surface area contributed by atoms with E-state index in [0.29, 0.717) is 11.1 Å². The molecule has 1 aliphatic rings. The van der Waals surface area contributed by atoms with Crippen LogP contribution in [-0.2, 0) is 9.53 Å². The van der Waals surface area contributed by atoms with Crippen molar-refractivity contribution < 1.29 is 27.9 Å². The summed E-state index contributed by atoms with van der Waals surface area (Å²) in [6.07, 6.45) is -0.407. The number of imide groups is 1. The molecule has 116 valence electrons. The number of hydrogen-bond acceptors (Lipinski definition) is 4. The maximum atomic E-state index is 13.4. The molecule has 0 bridgehead atoms. The molecule has 0 saturated carbocycles. The second kappa shape index (κ2) is 6.46. The highest BCUT2D eigenvalue weighted by Crippen LogP contribution is 2.23. The number of benzene rings is 1. The molecular formula is C15H13F2NO4. The zero-order valence-electron chi connectivity index (χ0n) is 11.8. The summed E-state index contributed by atoms with van der Waals surface area (Å²) in [5, 5.41) is 0. The summed E-state index contributed by atoms with van der Waals surface area (Å²) in [6.45, 7) is -0.0613. The van der Waals surface area contributed by atoms with Crippen molar-refractivity contribution in [2.24, 2.45) is 0 Å². The van der Waals surface area contributed by atoms with Crippen molar-refractivity contribution in [3.8, 4) is 0 Å². The monoisotopic (exact) mass is 309 g/mol. The van der Waals surface area contributed by atoms with Crippen molar-refractivity contribution in [2.45, 2.75) is 12.8 Å². The lowest BCUT2D eigenvalue weighted by Gasteiger charge is -2.13. The van der Waals surface area contributed by atoms with Gasteiger partial charge in [-0.15, -0.1) is 0 Å². The quantitative estimate of drug-likeness (QED) is 0.476. The average molecular weight is 309 g/mol. The predicted molar refractivity (Wildman–Crippen MR) is 72.3 cm³/mol. The number of allylic oxidation sites excluding steroid dienone is 1. The Hall–Kier alpha value is -2.57. The molecule has 0 radical (unpaired) electrons. The van der Waals surface area contributed by atoms with Crippen LogP contribution in [0.3, 0.4) is 0 Å². The van der Waals surface area contributed by atoms with Gasteiger partial charge in [-0.2, -0.15) is 4.39 Å². The highest BCUT2D eigenvalue weighted by Gasteiger charge is 2.34. The van der Waals surface area contributed by atoms with E-state index in [9.17, 15) is 23.2 Å². The van der Waals surface area contributed by atoms with Crippen molar-refractivity contribution in [3.63, 3.8) is 0 Å². The Morgan fingerprint density at radius 3 is 2.18 bits per heavy atom. The maximum Gasteiger partial charge on any atom is 0.369 e. The first kappa shape index (κ1) is 15.8. The standard InChI is InChI=1S/C15H13F2NO4/c1-22-15(21)12(17)11(16)7-4-8-18-13(19)9-5-2-3-6-10(9)14(18)20/h2-3,5-6H,4,7-8H2,1H3. The third-order valence-electron chi connectivity index (χ3n) is 3.26. The van der Waals surface area contributed by atoms with Crippen LogP contribution in [0.2, 0.25) is 0 Å². The first-order chi connectivity index (χ1) is 10.5. The van der Waals surface area contributed by atoms with Gasteiger partial charge in [0.1, 0.15) is 5.83 Å². The van der Waals surface area contributed by atoms with Crippen LogP contribution in [0.4, 0.5) is 8.78 Å². The fraction of sp³-hybridized carbons (Fsp3) is 0.267.